The number of halogens is 2. The Morgan fingerprint density at radius 3 is 2.69 bits per heavy atom. The first-order valence-corrected chi connectivity index (χ1v) is 10.2. The first kappa shape index (κ1) is 20.7. The van der Waals surface area contributed by atoms with Crippen LogP contribution in [0.3, 0.4) is 0 Å². The van der Waals surface area contributed by atoms with Crippen molar-refractivity contribution in [1.82, 2.24) is 20.1 Å². The number of aromatic nitrogens is 3. The average molecular weight is 439 g/mol. The van der Waals surface area contributed by atoms with Crippen LogP contribution >= 0.6 is 11.6 Å². The molecule has 11 heteroatoms. The minimum Gasteiger partial charge on any atom is -0.465 e. The van der Waals surface area contributed by atoms with E-state index in [0.29, 0.717) is 5.69 Å². The van der Waals surface area contributed by atoms with Crippen LogP contribution in [0, 0.1) is 12.7 Å². The molecule has 8 nitrogen and oxygen atoms in total. The minimum absolute atomic E-state index is 0.0226. The van der Waals surface area contributed by atoms with Gasteiger partial charge in [-0.05, 0) is 37.3 Å². The van der Waals surface area contributed by atoms with Gasteiger partial charge in [0.25, 0.3) is 0 Å². The Morgan fingerprint density at radius 1 is 1.28 bits per heavy atom. The molecule has 0 saturated carbocycles. The summed E-state index contributed by atoms with van der Waals surface area (Å²) in [7, 11) is -4.06. The van der Waals surface area contributed by atoms with E-state index in [1.54, 1.807) is 13.0 Å². The summed E-state index contributed by atoms with van der Waals surface area (Å²) >= 11 is 6.15. The highest BCUT2D eigenvalue weighted by molar-refractivity contribution is 7.91. The van der Waals surface area contributed by atoms with Crippen LogP contribution in [0.5, 0.6) is 0 Å². The molecule has 0 unspecified atom stereocenters. The summed E-state index contributed by atoms with van der Waals surface area (Å²) in [5.41, 5.74) is 0.978. The van der Waals surface area contributed by atoms with Gasteiger partial charge in [-0.1, -0.05) is 11.6 Å². The van der Waals surface area contributed by atoms with E-state index in [1.165, 1.54) is 24.4 Å². The summed E-state index contributed by atoms with van der Waals surface area (Å²) in [6.07, 6.45) is 0.137. The SMILES string of the molecule is Cc1ccc(S(=O)(=O)c2cc(CCNC(=O)O)nn2-c2cc(F)ccc2Cl)cn1. The molecule has 1 amide bonds. The van der Waals surface area contributed by atoms with Crippen LogP contribution in [0.15, 0.2) is 52.5 Å². The highest BCUT2D eigenvalue weighted by Crippen LogP contribution is 2.28. The molecule has 0 bridgehead atoms. The molecule has 2 aromatic heterocycles. The molecule has 2 heterocycles. The van der Waals surface area contributed by atoms with Gasteiger partial charge in [0.05, 0.1) is 21.3 Å². The smallest absolute Gasteiger partial charge is 0.404 e. The lowest BCUT2D eigenvalue weighted by atomic mass is 10.3. The topological polar surface area (TPSA) is 114 Å². The molecule has 2 N–H and O–H groups in total. The molecule has 29 heavy (non-hydrogen) atoms. The zero-order valence-electron chi connectivity index (χ0n) is 15.1. The van der Waals surface area contributed by atoms with E-state index in [0.717, 1.165) is 16.8 Å². The Labute approximate surface area is 170 Å². The number of carboxylic acid groups (broad SMARTS) is 1. The molecular weight excluding hydrogens is 423 g/mol. The second kappa shape index (κ2) is 8.18. The van der Waals surface area contributed by atoms with Gasteiger partial charge < -0.3 is 10.4 Å². The third-order valence-electron chi connectivity index (χ3n) is 3.99. The van der Waals surface area contributed by atoms with Crippen molar-refractivity contribution in [2.24, 2.45) is 0 Å². The summed E-state index contributed by atoms with van der Waals surface area (Å²) in [5.74, 6) is -0.616. The zero-order chi connectivity index (χ0) is 21.2. The Kier molecular flexibility index (Phi) is 5.85. The van der Waals surface area contributed by atoms with Crippen LogP contribution in [0.25, 0.3) is 5.69 Å². The average Bonchev–Trinajstić information content (AvgIpc) is 3.08. The highest BCUT2D eigenvalue weighted by Gasteiger charge is 2.26. The predicted molar refractivity (Wildman–Crippen MR) is 103 cm³/mol. The lowest BCUT2D eigenvalue weighted by Gasteiger charge is -2.10. The number of aryl methyl sites for hydroxylation is 1. The number of nitrogens with zero attached hydrogens (tertiary/aromatic N) is 3. The number of rotatable bonds is 6. The van der Waals surface area contributed by atoms with Gasteiger partial charge in [0.1, 0.15) is 5.82 Å². The maximum Gasteiger partial charge on any atom is 0.404 e. The minimum atomic E-state index is -4.06. The maximum atomic E-state index is 13.8. The van der Waals surface area contributed by atoms with E-state index < -0.39 is 21.7 Å². The molecule has 0 aliphatic rings. The summed E-state index contributed by atoms with van der Waals surface area (Å²) in [6, 6.07) is 7.78. The van der Waals surface area contributed by atoms with E-state index in [1.807, 2.05) is 0 Å². The summed E-state index contributed by atoms with van der Waals surface area (Å²) < 4.78 is 41.2. The quantitative estimate of drug-likeness (QED) is 0.611. The van der Waals surface area contributed by atoms with Crippen molar-refractivity contribution < 1.29 is 22.7 Å². The van der Waals surface area contributed by atoms with Crippen LogP contribution < -0.4 is 5.32 Å². The van der Waals surface area contributed by atoms with Crippen molar-refractivity contribution in [1.29, 1.82) is 0 Å². The van der Waals surface area contributed by atoms with E-state index in [4.69, 9.17) is 16.7 Å². The van der Waals surface area contributed by atoms with Gasteiger partial charge in [-0.3, -0.25) is 4.98 Å². The monoisotopic (exact) mass is 438 g/mol. The summed E-state index contributed by atoms with van der Waals surface area (Å²) in [5, 5.41) is 15.0. The van der Waals surface area contributed by atoms with Gasteiger partial charge in [0.2, 0.25) is 9.84 Å². The molecule has 0 aliphatic carbocycles. The van der Waals surface area contributed by atoms with E-state index >= 15 is 0 Å². The van der Waals surface area contributed by atoms with Gasteiger partial charge >= 0.3 is 6.09 Å². The molecule has 3 rings (SSSR count). The number of benzene rings is 1. The van der Waals surface area contributed by atoms with Crippen LogP contribution in [-0.2, 0) is 16.3 Å². The summed E-state index contributed by atoms with van der Waals surface area (Å²) in [6.45, 7) is 1.75. The standard InChI is InChI=1S/C18H16ClFN4O4S/c1-11-2-4-14(10-22-11)29(27,28)17-9-13(6-7-21-18(25)26)23-24(17)16-8-12(20)3-5-15(16)19/h2-5,8-10,21H,6-7H2,1H3,(H,25,26). The van der Waals surface area contributed by atoms with Crippen LogP contribution in [0.1, 0.15) is 11.4 Å². The van der Waals surface area contributed by atoms with Gasteiger partial charge in [-0.15, -0.1) is 0 Å². The van der Waals surface area contributed by atoms with Gasteiger partial charge in [-0.25, -0.2) is 22.3 Å². The van der Waals surface area contributed by atoms with Crippen LogP contribution in [0.2, 0.25) is 5.02 Å². The highest BCUT2D eigenvalue weighted by atomic mass is 35.5. The van der Waals surface area contributed by atoms with Gasteiger partial charge in [-0.2, -0.15) is 5.10 Å². The number of amides is 1. The largest absolute Gasteiger partial charge is 0.465 e. The molecule has 0 aliphatic heterocycles. The molecule has 0 spiro atoms. The van der Waals surface area contributed by atoms with Crippen molar-refractivity contribution in [2.45, 2.75) is 23.3 Å². The predicted octanol–water partition coefficient (Wildman–Crippen LogP) is 3.01. The first-order valence-electron chi connectivity index (χ1n) is 8.37. The van der Waals surface area contributed by atoms with E-state index in [2.05, 4.69) is 15.4 Å². The fraction of sp³-hybridized carbons (Fsp3) is 0.167. The Hall–Kier alpha value is -2.98. The fourth-order valence-corrected chi connectivity index (χ4v) is 4.11. The first-order chi connectivity index (χ1) is 13.7. The second-order valence-electron chi connectivity index (χ2n) is 6.10. The van der Waals surface area contributed by atoms with Crippen molar-refractivity contribution in [3.8, 4) is 5.69 Å². The van der Waals surface area contributed by atoms with Crippen molar-refractivity contribution in [2.75, 3.05) is 6.54 Å². The fourth-order valence-electron chi connectivity index (χ4n) is 2.58. The van der Waals surface area contributed by atoms with E-state index in [-0.39, 0.29) is 39.3 Å². The Morgan fingerprint density at radius 2 is 2.03 bits per heavy atom. The molecule has 3 aromatic rings. The number of nitrogens with one attached hydrogen (secondary N) is 1. The molecule has 0 radical (unpaired) electrons. The van der Waals surface area contributed by atoms with E-state index in [9.17, 15) is 17.6 Å². The molecular formula is C18H16ClFN4O4S. The number of carbonyl (C=O) groups is 1. The second-order valence-corrected chi connectivity index (χ2v) is 8.41. The molecule has 0 fully saturated rings. The van der Waals surface area contributed by atoms with Crippen LogP contribution in [0.4, 0.5) is 9.18 Å². The third-order valence-corrected chi connectivity index (χ3v) is 6.01. The summed E-state index contributed by atoms with van der Waals surface area (Å²) in [4.78, 5) is 14.6. The molecule has 1 aromatic carbocycles. The number of hydrogen-bond donors (Lipinski definition) is 2. The van der Waals surface area contributed by atoms with Crippen molar-refractivity contribution >= 4 is 27.5 Å². The molecule has 0 saturated heterocycles. The third kappa shape index (κ3) is 4.54. The number of sulfone groups is 1. The molecule has 152 valence electrons. The van der Waals surface area contributed by atoms with Crippen molar-refractivity contribution in [3.05, 3.63) is 64.8 Å². The normalized spacial score (nSPS) is 11.4. The maximum absolute atomic E-state index is 13.8. The molecule has 0 atom stereocenters. The lowest BCUT2D eigenvalue weighted by Crippen LogP contribution is -2.23. The van der Waals surface area contributed by atoms with Crippen molar-refractivity contribution in [3.63, 3.8) is 0 Å². The zero-order valence-corrected chi connectivity index (χ0v) is 16.7. The Balaban J connectivity index is 2.13. The van der Waals surface area contributed by atoms with Gasteiger partial charge in [0, 0.05) is 30.9 Å². The lowest BCUT2D eigenvalue weighted by molar-refractivity contribution is 0.194. The number of pyridine rings is 1. The van der Waals surface area contributed by atoms with Gasteiger partial charge in [0.15, 0.2) is 5.03 Å². The Bertz CT molecular complexity index is 1160. The van der Waals surface area contributed by atoms with Crippen LogP contribution in [-0.4, -0.2) is 40.9 Å². The number of hydrogen-bond acceptors (Lipinski definition) is 5.